The average molecular weight is 239 g/mol. The van der Waals surface area contributed by atoms with E-state index in [0.717, 1.165) is 13.2 Å². The second kappa shape index (κ2) is 4.89. The molecule has 17 heavy (non-hydrogen) atoms. The van der Waals surface area contributed by atoms with Gasteiger partial charge in [0.2, 0.25) is 0 Å². The summed E-state index contributed by atoms with van der Waals surface area (Å²) in [5, 5.41) is 3.69. The fourth-order valence-corrected chi connectivity index (χ4v) is 4.04. The van der Waals surface area contributed by atoms with Crippen LogP contribution in [0.5, 0.6) is 0 Å². The third-order valence-electron chi connectivity index (χ3n) is 4.67. The van der Waals surface area contributed by atoms with Crippen LogP contribution in [0.3, 0.4) is 0 Å². The molecule has 3 atom stereocenters. The number of rotatable bonds is 3. The zero-order valence-electron chi connectivity index (χ0n) is 12.0. The lowest BCUT2D eigenvalue weighted by atomic mass is 9.81. The van der Waals surface area contributed by atoms with Crippen LogP contribution >= 0.6 is 0 Å². The van der Waals surface area contributed by atoms with Crippen molar-refractivity contribution in [3.63, 3.8) is 0 Å². The van der Waals surface area contributed by atoms with Gasteiger partial charge in [-0.15, -0.1) is 0 Å². The highest BCUT2D eigenvalue weighted by Gasteiger charge is 2.51. The Morgan fingerprint density at radius 1 is 1.29 bits per heavy atom. The van der Waals surface area contributed by atoms with Crippen molar-refractivity contribution in [1.82, 2.24) is 5.32 Å². The summed E-state index contributed by atoms with van der Waals surface area (Å²) in [6, 6.07) is 0.681. The molecule has 2 nitrogen and oxygen atoms in total. The fourth-order valence-electron chi connectivity index (χ4n) is 4.04. The number of nitrogens with one attached hydrogen (secondary N) is 1. The Labute approximate surface area is 107 Å². The van der Waals surface area contributed by atoms with Crippen LogP contribution in [0.1, 0.15) is 59.8 Å². The molecule has 0 bridgehead atoms. The number of hydrogen-bond donors (Lipinski definition) is 1. The summed E-state index contributed by atoms with van der Waals surface area (Å²) in [7, 11) is 0. The molecule has 0 radical (unpaired) electrons. The fraction of sp³-hybridized carbons (Fsp3) is 1.00. The number of ether oxygens (including phenoxy) is 1. The topological polar surface area (TPSA) is 21.3 Å². The first kappa shape index (κ1) is 13.4. The second-order valence-electron chi connectivity index (χ2n) is 7.00. The standard InChI is InChI=1S/C15H29NO/c1-5-7-16-13-6-8-17-15(10-13)11-14(3,4)9-12(15)2/h12-13,16H,5-11H2,1-4H3. The molecule has 0 aromatic rings. The molecule has 0 amide bonds. The Bertz CT molecular complexity index is 264. The van der Waals surface area contributed by atoms with Crippen molar-refractivity contribution in [2.75, 3.05) is 13.2 Å². The highest BCUT2D eigenvalue weighted by molar-refractivity contribution is 5.03. The largest absolute Gasteiger partial charge is 0.375 e. The van der Waals surface area contributed by atoms with E-state index in [9.17, 15) is 0 Å². The summed E-state index contributed by atoms with van der Waals surface area (Å²) < 4.78 is 6.24. The maximum Gasteiger partial charge on any atom is 0.0728 e. The minimum Gasteiger partial charge on any atom is -0.375 e. The lowest BCUT2D eigenvalue weighted by molar-refractivity contribution is -0.111. The Kier molecular flexibility index (Phi) is 3.84. The Morgan fingerprint density at radius 3 is 2.65 bits per heavy atom. The van der Waals surface area contributed by atoms with Gasteiger partial charge in [-0.3, -0.25) is 0 Å². The summed E-state index contributed by atoms with van der Waals surface area (Å²) in [6.45, 7) is 11.5. The minimum atomic E-state index is 0.174. The van der Waals surface area contributed by atoms with E-state index in [-0.39, 0.29) is 5.60 Å². The normalized spacial score (nSPS) is 40.9. The van der Waals surface area contributed by atoms with Gasteiger partial charge in [0.15, 0.2) is 0 Å². The van der Waals surface area contributed by atoms with E-state index < -0.39 is 0 Å². The minimum absolute atomic E-state index is 0.174. The van der Waals surface area contributed by atoms with Crippen molar-refractivity contribution < 1.29 is 4.74 Å². The van der Waals surface area contributed by atoms with Crippen LogP contribution in [0.25, 0.3) is 0 Å². The van der Waals surface area contributed by atoms with Crippen molar-refractivity contribution in [1.29, 1.82) is 0 Å². The molecule has 0 aromatic heterocycles. The van der Waals surface area contributed by atoms with Gasteiger partial charge in [0.1, 0.15) is 0 Å². The van der Waals surface area contributed by atoms with Gasteiger partial charge >= 0.3 is 0 Å². The van der Waals surface area contributed by atoms with Crippen LogP contribution in [-0.2, 0) is 4.74 Å². The van der Waals surface area contributed by atoms with Gasteiger partial charge in [0.05, 0.1) is 5.60 Å². The van der Waals surface area contributed by atoms with Crippen LogP contribution < -0.4 is 5.32 Å². The van der Waals surface area contributed by atoms with Crippen molar-refractivity contribution in [2.24, 2.45) is 11.3 Å². The van der Waals surface area contributed by atoms with Gasteiger partial charge in [0, 0.05) is 12.6 Å². The molecule has 2 aliphatic rings. The molecular formula is C15H29NO. The molecule has 1 saturated heterocycles. The first-order valence-corrected chi connectivity index (χ1v) is 7.35. The van der Waals surface area contributed by atoms with Gasteiger partial charge < -0.3 is 10.1 Å². The molecule has 1 aliphatic carbocycles. The van der Waals surface area contributed by atoms with Crippen LogP contribution in [0.15, 0.2) is 0 Å². The highest BCUT2D eigenvalue weighted by Crippen LogP contribution is 2.52. The molecule has 100 valence electrons. The van der Waals surface area contributed by atoms with E-state index in [1.807, 2.05) is 0 Å². The van der Waals surface area contributed by atoms with Gasteiger partial charge in [-0.2, -0.15) is 0 Å². The van der Waals surface area contributed by atoms with E-state index in [2.05, 4.69) is 33.0 Å². The predicted octanol–water partition coefficient (Wildman–Crippen LogP) is 3.36. The van der Waals surface area contributed by atoms with Crippen LogP contribution in [0.4, 0.5) is 0 Å². The molecule has 1 spiro atoms. The molecule has 2 fully saturated rings. The summed E-state index contributed by atoms with van der Waals surface area (Å²) in [6.07, 6.45) is 6.19. The van der Waals surface area contributed by atoms with E-state index in [4.69, 9.17) is 4.74 Å². The van der Waals surface area contributed by atoms with E-state index >= 15 is 0 Å². The lowest BCUT2D eigenvalue weighted by Crippen LogP contribution is -2.49. The van der Waals surface area contributed by atoms with E-state index in [1.165, 1.54) is 32.1 Å². The third-order valence-corrected chi connectivity index (χ3v) is 4.67. The van der Waals surface area contributed by atoms with Crippen LogP contribution in [0, 0.1) is 11.3 Å². The first-order chi connectivity index (χ1) is 7.97. The lowest BCUT2D eigenvalue weighted by Gasteiger charge is -2.42. The second-order valence-corrected chi connectivity index (χ2v) is 7.00. The molecule has 1 heterocycles. The molecule has 2 heteroatoms. The summed E-state index contributed by atoms with van der Waals surface area (Å²) in [5.74, 6) is 0.712. The Hall–Kier alpha value is -0.0800. The van der Waals surface area contributed by atoms with Gasteiger partial charge in [-0.25, -0.2) is 0 Å². The summed E-state index contributed by atoms with van der Waals surface area (Å²) in [4.78, 5) is 0. The first-order valence-electron chi connectivity index (χ1n) is 7.35. The molecule has 2 rings (SSSR count). The van der Waals surface area contributed by atoms with Crippen molar-refractivity contribution in [3.05, 3.63) is 0 Å². The molecule has 3 unspecified atom stereocenters. The zero-order valence-corrected chi connectivity index (χ0v) is 12.0. The molecular weight excluding hydrogens is 210 g/mol. The van der Waals surface area contributed by atoms with Gasteiger partial charge in [-0.05, 0) is 50.0 Å². The van der Waals surface area contributed by atoms with Crippen molar-refractivity contribution >= 4 is 0 Å². The summed E-state index contributed by atoms with van der Waals surface area (Å²) >= 11 is 0. The summed E-state index contributed by atoms with van der Waals surface area (Å²) in [5.41, 5.74) is 0.638. The van der Waals surface area contributed by atoms with Gasteiger partial charge in [-0.1, -0.05) is 27.7 Å². The molecule has 1 aliphatic heterocycles. The SMILES string of the molecule is CCCNC1CCOC2(C1)CC(C)(C)CC2C. The quantitative estimate of drug-likeness (QED) is 0.815. The average Bonchev–Trinajstić information content (AvgIpc) is 2.46. The Balaban J connectivity index is 2.00. The van der Waals surface area contributed by atoms with Crippen molar-refractivity contribution in [3.8, 4) is 0 Å². The molecule has 0 aromatic carbocycles. The maximum absolute atomic E-state index is 6.24. The zero-order chi connectivity index (χ0) is 12.5. The van der Waals surface area contributed by atoms with Crippen LogP contribution in [0.2, 0.25) is 0 Å². The third kappa shape index (κ3) is 2.85. The predicted molar refractivity (Wildman–Crippen MR) is 72.2 cm³/mol. The number of hydrogen-bond acceptors (Lipinski definition) is 2. The monoisotopic (exact) mass is 239 g/mol. The smallest absolute Gasteiger partial charge is 0.0728 e. The highest BCUT2D eigenvalue weighted by atomic mass is 16.5. The Morgan fingerprint density at radius 2 is 2.06 bits per heavy atom. The maximum atomic E-state index is 6.24. The van der Waals surface area contributed by atoms with Gasteiger partial charge in [0.25, 0.3) is 0 Å². The molecule has 1 saturated carbocycles. The molecule has 1 N–H and O–H groups in total. The van der Waals surface area contributed by atoms with Crippen molar-refractivity contribution in [2.45, 2.75) is 71.4 Å². The van der Waals surface area contributed by atoms with Crippen LogP contribution in [-0.4, -0.2) is 24.8 Å². The van der Waals surface area contributed by atoms with E-state index in [0.29, 0.717) is 17.4 Å². The van der Waals surface area contributed by atoms with E-state index in [1.54, 1.807) is 0 Å².